The molecule has 11 heteroatoms. The molecule has 0 bridgehead atoms. The van der Waals surface area contributed by atoms with E-state index >= 15 is 0 Å². The van der Waals surface area contributed by atoms with E-state index < -0.39 is 10.0 Å². The molecular weight excluding hydrogens is 446 g/mol. The first-order chi connectivity index (χ1) is 15.9. The van der Waals surface area contributed by atoms with Gasteiger partial charge in [-0.15, -0.1) is 0 Å². The van der Waals surface area contributed by atoms with Gasteiger partial charge in [0.15, 0.2) is 0 Å². The van der Waals surface area contributed by atoms with E-state index in [-0.39, 0.29) is 17.2 Å². The van der Waals surface area contributed by atoms with E-state index in [0.29, 0.717) is 56.4 Å². The lowest BCUT2D eigenvalue weighted by molar-refractivity contribution is -0.116. The number of ether oxygens (including phenoxy) is 2. The molecule has 4 rings (SSSR count). The Balaban J connectivity index is 1.49. The number of sulfonamides is 1. The summed E-state index contributed by atoms with van der Waals surface area (Å²) in [5.41, 5.74) is 2.02. The molecule has 3 heterocycles. The highest BCUT2D eigenvalue weighted by atomic mass is 32.2. The quantitative estimate of drug-likeness (QED) is 0.532. The summed E-state index contributed by atoms with van der Waals surface area (Å²) >= 11 is 0. The Morgan fingerprint density at radius 1 is 1.21 bits per heavy atom. The second-order valence-corrected chi connectivity index (χ2v) is 9.51. The standard InChI is InChI=1S/C22H27N5O5S/c1-3-27-19-6-5-17(33(29,30)26-10-12-32-13-11-26)14-18(19)25-20(27)7-8-21(28)24-16-4-9-22(31-2)23-15-16/h4-6,9,14-15H,3,7-8,10-13H2,1-2H3,(H,24,28). The van der Waals surface area contributed by atoms with Crippen LogP contribution in [0.15, 0.2) is 41.4 Å². The van der Waals surface area contributed by atoms with E-state index in [1.807, 2.05) is 11.5 Å². The van der Waals surface area contributed by atoms with Crippen molar-refractivity contribution in [1.29, 1.82) is 0 Å². The van der Waals surface area contributed by atoms with Gasteiger partial charge >= 0.3 is 0 Å². The highest BCUT2D eigenvalue weighted by Gasteiger charge is 2.27. The van der Waals surface area contributed by atoms with Gasteiger partial charge in [0.25, 0.3) is 0 Å². The fourth-order valence-electron chi connectivity index (χ4n) is 3.82. The van der Waals surface area contributed by atoms with E-state index in [9.17, 15) is 13.2 Å². The van der Waals surface area contributed by atoms with Crippen LogP contribution in [-0.2, 0) is 32.5 Å². The number of rotatable bonds is 8. The maximum atomic E-state index is 13.0. The fourth-order valence-corrected chi connectivity index (χ4v) is 5.25. The van der Waals surface area contributed by atoms with Crippen LogP contribution in [-0.4, -0.2) is 66.6 Å². The minimum atomic E-state index is -3.60. The zero-order valence-electron chi connectivity index (χ0n) is 18.7. The monoisotopic (exact) mass is 473 g/mol. The number of amides is 1. The second kappa shape index (κ2) is 9.86. The van der Waals surface area contributed by atoms with Crippen LogP contribution in [0, 0.1) is 0 Å². The molecule has 1 fully saturated rings. The first kappa shape index (κ1) is 23.1. The van der Waals surface area contributed by atoms with Crippen molar-refractivity contribution in [3.8, 4) is 5.88 Å². The molecule has 0 saturated carbocycles. The first-order valence-electron chi connectivity index (χ1n) is 10.8. The van der Waals surface area contributed by atoms with Crippen LogP contribution in [0.2, 0.25) is 0 Å². The van der Waals surface area contributed by atoms with Gasteiger partial charge in [-0.25, -0.2) is 18.4 Å². The van der Waals surface area contributed by atoms with Gasteiger partial charge in [0.2, 0.25) is 21.8 Å². The topological polar surface area (TPSA) is 116 Å². The summed E-state index contributed by atoms with van der Waals surface area (Å²) in [6, 6.07) is 8.41. The molecule has 176 valence electrons. The Kier molecular flexibility index (Phi) is 6.91. The highest BCUT2D eigenvalue weighted by Crippen LogP contribution is 2.24. The van der Waals surface area contributed by atoms with Crippen LogP contribution in [0.25, 0.3) is 11.0 Å². The molecule has 0 radical (unpaired) electrons. The van der Waals surface area contributed by atoms with Crippen molar-refractivity contribution in [3.63, 3.8) is 0 Å². The summed E-state index contributed by atoms with van der Waals surface area (Å²) in [5, 5.41) is 2.81. The van der Waals surface area contributed by atoms with Crippen LogP contribution < -0.4 is 10.1 Å². The van der Waals surface area contributed by atoms with Gasteiger partial charge in [-0.2, -0.15) is 4.31 Å². The van der Waals surface area contributed by atoms with Crippen LogP contribution in [0.4, 0.5) is 5.69 Å². The molecule has 0 atom stereocenters. The predicted octanol–water partition coefficient (Wildman–Crippen LogP) is 2.05. The number of pyridine rings is 1. The van der Waals surface area contributed by atoms with Gasteiger partial charge in [-0.05, 0) is 31.2 Å². The molecule has 1 amide bonds. The van der Waals surface area contributed by atoms with Crippen molar-refractivity contribution in [2.75, 3.05) is 38.7 Å². The van der Waals surface area contributed by atoms with Gasteiger partial charge in [0.1, 0.15) is 5.82 Å². The van der Waals surface area contributed by atoms with E-state index in [2.05, 4.69) is 15.3 Å². The molecule has 1 aromatic carbocycles. The van der Waals surface area contributed by atoms with Gasteiger partial charge in [-0.3, -0.25) is 4.79 Å². The van der Waals surface area contributed by atoms with Gasteiger partial charge < -0.3 is 19.4 Å². The lowest BCUT2D eigenvalue weighted by Gasteiger charge is -2.26. The third-order valence-corrected chi connectivity index (χ3v) is 7.42. The van der Waals surface area contributed by atoms with Crippen molar-refractivity contribution in [2.24, 2.45) is 0 Å². The lowest BCUT2D eigenvalue weighted by Crippen LogP contribution is -2.40. The summed E-state index contributed by atoms with van der Waals surface area (Å²) < 4.78 is 39.7. The summed E-state index contributed by atoms with van der Waals surface area (Å²) in [6.07, 6.45) is 2.19. The SMILES string of the molecule is CCn1c(CCC(=O)Nc2ccc(OC)nc2)nc2cc(S(=O)(=O)N3CCOCC3)ccc21. The van der Waals surface area contributed by atoms with Gasteiger partial charge in [-0.1, -0.05) is 0 Å². The zero-order chi connectivity index (χ0) is 23.4. The van der Waals surface area contributed by atoms with Crippen molar-refractivity contribution in [3.05, 3.63) is 42.4 Å². The number of carbonyl (C=O) groups excluding carboxylic acids is 1. The number of nitrogens with one attached hydrogen (secondary N) is 1. The molecule has 33 heavy (non-hydrogen) atoms. The lowest BCUT2D eigenvalue weighted by atomic mass is 10.2. The van der Waals surface area contributed by atoms with E-state index in [1.54, 1.807) is 30.3 Å². The number of carbonyl (C=O) groups is 1. The minimum Gasteiger partial charge on any atom is -0.481 e. The third kappa shape index (κ3) is 5.00. The number of imidazole rings is 1. The number of benzene rings is 1. The predicted molar refractivity (Wildman–Crippen MR) is 123 cm³/mol. The Labute approximate surface area is 192 Å². The number of hydrogen-bond donors (Lipinski definition) is 1. The van der Waals surface area contributed by atoms with Crippen LogP contribution in [0.3, 0.4) is 0 Å². The average molecular weight is 474 g/mol. The van der Waals surface area contributed by atoms with Crippen LogP contribution >= 0.6 is 0 Å². The molecule has 1 aliphatic heterocycles. The molecule has 10 nitrogen and oxygen atoms in total. The Bertz CT molecular complexity index is 1230. The summed E-state index contributed by atoms with van der Waals surface area (Å²) in [7, 11) is -2.07. The van der Waals surface area contributed by atoms with Gasteiger partial charge in [0.05, 0.1) is 48.1 Å². The molecule has 0 aliphatic carbocycles. The molecular formula is C22H27N5O5S. The largest absolute Gasteiger partial charge is 0.481 e. The van der Waals surface area contributed by atoms with Crippen molar-refractivity contribution in [2.45, 2.75) is 31.2 Å². The molecule has 1 saturated heterocycles. The van der Waals surface area contributed by atoms with Gasteiger partial charge in [0, 0.05) is 38.5 Å². The van der Waals surface area contributed by atoms with Crippen LogP contribution in [0.1, 0.15) is 19.2 Å². The molecule has 0 spiro atoms. The Morgan fingerprint density at radius 3 is 2.67 bits per heavy atom. The molecule has 0 unspecified atom stereocenters. The first-order valence-corrected chi connectivity index (χ1v) is 12.2. The van der Waals surface area contributed by atoms with E-state index in [0.717, 1.165) is 11.3 Å². The molecule has 3 aromatic rings. The van der Waals surface area contributed by atoms with E-state index in [1.165, 1.54) is 17.6 Å². The third-order valence-electron chi connectivity index (χ3n) is 5.53. The smallest absolute Gasteiger partial charge is 0.243 e. The molecule has 2 aromatic heterocycles. The number of nitrogens with zero attached hydrogens (tertiary/aromatic N) is 4. The van der Waals surface area contributed by atoms with Crippen molar-refractivity contribution >= 4 is 32.7 Å². The number of anilines is 1. The number of morpholine rings is 1. The van der Waals surface area contributed by atoms with E-state index in [4.69, 9.17) is 9.47 Å². The Hall–Kier alpha value is -3.02. The number of aromatic nitrogens is 3. The van der Waals surface area contributed by atoms with Crippen molar-refractivity contribution in [1.82, 2.24) is 18.8 Å². The minimum absolute atomic E-state index is 0.160. The zero-order valence-corrected chi connectivity index (χ0v) is 19.5. The summed E-state index contributed by atoms with van der Waals surface area (Å²) in [5.74, 6) is 1.04. The fraction of sp³-hybridized carbons (Fsp3) is 0.409. The highest BCUT2D eigenvalue weighted by molar-refractivity contribution is 7.89. The maximum absolute atomic E-state index is 13.0. The average Bonchev–Trinajstić information content (AvgIpc) is 3.20. The number of fused-ring (bicyclic) bond motifs is 1. The maximum Gasteiger partial charge on any atom is 0.243 e. The Morgan fingerprint density at radius 2 is 2.00 bits per heavy atom. The summed E-state index contributed by atoms with van der Waals surface area (Å²) in [4.78, 5) is 21.4. The second-order valence-electron chi connectivity index (χ2n) is 7.58. The van der Waals surface area contributed by atoms with Crippen molar-refractivity contribution < 1.29 is 22.7 Å². The number of methoxy groups -OCH3 is 1. The number of aryl methyl sites for hydroxylation is 2. The van der Waals surface area contributed by atoms with Crippen LogP contribution in [0.5, 0.6) is 5.88 Å². The molecule has 1 N–H and O–H groups in total. The number of hydrogen-bond acceptors (Lipinski definition) is 7. The molecule has 1 aliphatic rings. The summed E-state index contributed by atoms with van der Waals surface area (Å²) in [6.45, 7) is 4.12. The normalized spacial score (nSPS) is 15.0.